The Kier molecular flexibility index (Phi) is 6.73. The smallest absolute Gasteiger partial charge is 0.344 e. The number of benzene rings is 2. The highest BCUT2D eigenvalue weighted by atomic mass is 35.5. The molecule has 0 saturated carbocycles. The van der Waals surface area contributed by atoms with E-state index in [9.17, 15) is 18.8 Å². The van der Waals surface area contributed by atoms with Gasteiger partial charge >= 0.3 is 5.97 Å². The lowest BCUT2D eigenvalue weighted by Gasteiger charge is -2.15. The van der Waals surface area contributed by atoms with Gasteiger partial charge in [-0.15, -0.1) is 0 Å². The average Bonchev–Trinajstić information content (AvgIpc) is 2.62. The molecular weight excluding hydrogens is 379 g/mol. The van der Waals surface area contributed by atoms with Gasteiger partial charge in [-0.05, 0) is 37.3 Å². The average molecular weight is 395 g/mol. The third-order valence-electron chi connectivity index (χ3n) is 3.36. The highest BCUT2D eigenvalue weighted by molar-refractivity contribution is 6.30. The number of ether oxygens (including phenoxy) is 2. The summed E-state index contributed by atoms with van der Waals surface area (Å²) in [6.45, 7) is 0.773. The zero-order chi connectivity index (χ0) is 20.0. The van der Waals surface area contributed by atoms with E-state index < -0.39 is 36.3 Å². The lowest BCUT2D eigenvalue weighted by atomic mass is 10.2. The highest BCUT2D eigenvalue weighted by Crippen LogP contribution is 2.19. The van der Waals surface area contributed by atoms with Crippen molar-refractivity contribution in [2.24, 2.45) is 5.73 Å². The van der Waals surface area contributed by atoms with Crippen LogP contribution in [0.25, 0.3) is 0 Å². The maximum atomic E-state index is 13.7. The van der Waals surface area contributed by atoms with Crippen LogP contribution in [0.15, 0.2) is 42.5 Å². The van der Waals surface area contributed by atoms with Crippen LogP contribution in [-0.4, -0.2) is 30.5 Å². The standard InChI is InChI=1S/C18H16ClFN2O5/c1-10(18(25)22-14-7-6-11(19)8-13(14)20)27-16(23)9-26-15-5-3-2-4-12(15)17(21)24/h2-8,10H,9H2,1H3,(H2,21,24)(H,22,25)/t10-/m0/s1. The number of anilines is 1. The fraction of sp³-hybridized carbons (Fsp3) is 0.167. The number of hydrogen-bond donors (Lipinski definition) is 2. The molecule has 2 amide bonds. The van der Waals surface area contributed by atoms with Crippen molar-refractivity contribution in [1.82, 2.24) is 0 Å². The quantitative estimate of drug-likeness (QED) is 0.701. The van der Waals surface area contributed by atoms with Crippen molar-refractivity contribution >= 4 is 35.1 Å². The van der Waals surface area contributed by atoms with Crippen molar-refractivity contribution in [2.75, 3.05) is 11.9 Å². The van der Waals surface area contributed by atoms with Gasteiger partial charge in [0.05, 0.1) is 11.3 Å². The van der Waals surface area contributed by atoms with Gasteiger partial charge < -0.3 is 20.5 Å². The summed E-state index contributed by atoms with van der Waals surface area (Å²) >= 11 is 5.64. The minimum atomic E-state index is -1.21. The number of nitrogens with one attached hydrogen (secondary N) is 1. The second kappa shape index (κ2) is 9.00. The first-order chi connectivity index (χ1) is 12.8. The molecule has 3 N–H and O–H groups in total. The molecule has 27 heavy (non-hydrogen) atoms. The number of amides is 2. The van der Waals surface area contributed by atoms with E-state index >= 15 is 0 Å². The number of para-hydroxylation sites is 1. The van der Waals surface area contributed by atoms with Gasteiger partial charge in [-0.1, -0.05) is 23.7 Å². The number of halogens is 2. The maximum absolute atomic E-state index is 13.7. The van der Waals surface area contributed by atoms with Crippen molar-refractivity contribution in [1.29, 1.82) is 0 Å². The van der Waals surface area contributed by atoms with Gasteiger partial charge in [-0.3, -0.25) is 9.59 Å². The maximum Gasteiger partial charge on any atom is 0.344 e. The molecule has 0 saturated heterocycles. The van der Waals surface area contributed by atoms with Crippen LogP contribution in [-0.2, 0) is 14.3 Å². The summed E-state index contributed by atoms with van der Waals surface area (Å²) in [5, 5.41) is 2.47. The van der Waals surface area contributed by atoms with Crippen molar-refractivity contribution in [3.05, 3.63) is 58.9 Å². The Bertz CT molecular complexity index is 875. The molecule has 9 heteroatoms. The zero-order valence-corrected chi connectivity index (χ0v) is 15.0. The number of esters is 1. The summed E-state index contributed by atoms with van der Waals surface area (Å²) in [5.41, 5.74) is 5.22. The van der Waals surface area contributed by atoms with Gasteiger partial charge in [0.25, 0.3) is 11.8 Å². The number of carbonyl (C=O) groups is 3. The Balaban J connectivity index is 1.89. The van der Waals surface area contributed by atoms with Gasteiger partial charge in [-0.2, -0.15) is 0 Å². The zero-order valence-electron chi connectivity index (χ0n) is 14.2. The molecule has 0 aromatic heterocycles. The molecule has 0 aliphatic rings. The van der Waals surface area contributed by atoms with Gasteiger partial charge in [-0.25, -0.2) is 9.18 Å². The summed E-state index contributed by atoms with van der Waals surface area (Å²) in [6, 6.07) is 9.83. The van der Waals surface area contributed by atoms with E-state index in [2.05, 4.69) is 5.32 Å². The van der Waals surface area contributed by atoms with E-state index in [1.807, 2.05) is 0 Å². The molecule has 0 aliphatic heterocycles. The van der Waals surface area contributed by atoms with Crippen molar-refractivity contribution in [3.8, 4) is 5.75 Å². The molecular formula is C18H16ClFN2O5. The van der Waals surface area contributed by atoms with E-state index in [0.29, 0.717) is 0 Å². The third-order valence-corrected chi connectivity index (χ3v) is 3.60. The number of nitrogens with two attached hydrogens (primary N) is 1. The van der Waals surface area contributed by atoms with E-state index in [4.69, 9.17) is 26.8 Å². The van der Waals surface area contributed by atoms with Crippen LogP contribution in [0.2, 0.25) is 5.02 Å². The Morgan fingerprint density at radius 2 is 1.93 bits per heavy atom. The molecule has 2 aromatic rings. The van der Waals surface area contributed by atoms with Crippen LogP contribution in [0.3, 0.4) is 0 Å². The number of rotatable bonds is 7. The van der Waals surface area contributed by atoms with E-state index in [1.54, 1.807) is 12.1 Å². The fourth-order valence-electron chi connectivity index (χ4n) is 2.04. The van der Waals surface area contributed by atoms with Gasteiger partial charge in [0.2, 0.25) is 0 Å². The van der Waals surface area contributed by atoms with E-state index in [1.165, 1.54) is 31.2 Å². The molecule has 0 fully saturated rings. The van der Waals surface area contributed by atoms with E-state index in [0.717, 1.165) is 6.07 Å². The SMILES string of the molecule is C[C@H](OC(=O)COc1ccccc1C(N)=O)C(=O)Nc1ccc(Cl)cc1F. The molecule has 2 rings (SSSR count). The summed E-state index contributed by atoms with van der Waals surface area (Å²) in [6.07, 6.45) is -1.21. The third kappa shape index (κ3) is 5.68. The monoisotopic (exact) mass is 394 g/mol. The minimum Gasteiger partial charge on any atom is -0.481 e. The second-order valence-electron chi connectivity index (χ2n) is 5.39. The Morgan fingerprint density at radius 1 is 1.22 bits per heavy atom. The molecule has 0 heterocycles. The predicted molar refractivity (Wildman–Crippen MR) is 96.0 cm³/mol. The molecule has 2 aromatic carbocycles. The van der Waals surface area contributed by atoms with Crippen molar-refractivity contribution in [3.63, 3.8) is 0 Å². The normalized spacial score (nSPS) is 11.4. The lowest BCUT2D eigenvalue weighted by Crippen LogP contribution is -2.32. The molecule has 0 unspecified atom stereocenters. The van der Waals surface area contributed by atoms with Crippen LogP contribution in [0.1, 0.15) is 17.3 Å². The first-order valence-electron chi connectivity index (χ1n) is 7.75. The molecule has 142 valence electrons. The molecule has 1 atom stereocenters. The lowest BCUT2D eigenvalue weighted by molar-refractivity contribution is -0.155. The first kappa shape index (κ1) is 20.2. The summed E-state index contributed by atoms with van der Waals surface area (Å²) in [7, 11) is 0. The molecule has 7 nitrogen and oxygen atoms in total. The molecule has 0 aliphatic carbocycles. The number of primary amides is 1. The molecule has 0 radical (unpaired) electrons. The molecule has 0 spiro atoms. The topological polar surface area (TPSA) is 108 Å². The number of hydrogen-bond acceptors (Lipinski definition) is 5. The molecule has 0 bridgehead atoms. The van der Waals surface area contributed by atoms with Crippen molar-refractivity contribution in [2.45, 2.75) is 13.0 Å². The Morgan fingerprint density at radius 3 is 2.59 bits per heavy atom. The Hall–Kier alpha value is -3.13. The van der Waals surface area contributed by atoms with Crippen LogP contribution < -0.4 is 15.8 Å². The van der Waals surface area contributed by atoms with E-state index in [-0.39, 0.29) is 22.0 Å². The van der Waals surface area contributed by atoms with Gasteiger partial charge in [0, 0.05) is 5.02 Å². The van der Waals surface area contributed by atoms with Crippen molar-refractivity contribution < 1.29 is 28.2 Å². The van der Waals surface area contributed by atoms with Crippen LogP contribution in [0, 0.1) is 5.82 Å². The number of carbonyl (C=O) groups excluding carboxylic acids is 3. The van der Waals surface area contributed by atoms with Gasteiger partial charge in [0.15, 0.2) is 12.7 Å². The van der Waals surface area contributed by atoms with Crippen LogP contribution in [0.4, 0.5) is 10.1 Å². The first-order valence-corrected chi connectivity index (χ1v) is 8.12. The van der Waals surface area contributed by atoms with Crippen LogP contribution in [0.5, 0.6) is 5.75 Å². The summed E-state index contributed by atoms with van der Waals surface area (Å²) < 4.78 is 23.8. The van der Waals surface area contributed by atoms with Gasteiger partial charge in [0.1, 0.15) is 11.6 Å². The largest absolute Gasteiger partial charge is 0.481 e. The minimum absolute atomic E-state index is 0.0982. The Labute approximate surface area is 159 Å². The highest BCUT2D eigenvalue weighted by Gasteiger charge is 2.20. The van der Waals surface area contributed by atoms with Crippen LogP contribution >= 0.6 is 11.6 Å². The predicted octanol–water partition coefficient (Wildman–Crippen LogP) is 2.53. The fourth-order valence-corrected chi connectivity index (χ4v) is 2.20. The second-order valence-corrected chi connectivity index (χ2v) is 5.83. The summed E-state index contributed by atoms with van der Waals surface area (Å²) in [5.74, 6) is -2.91. The summed E-state index contributed by atoms with van der Waals surface area (Å²) in [4.78, 5) is 35.1.